The molecule has 0 bridgehead atoms. The molecule has 0 aliphatic carbocycles. The highest BCUT2D eigenvalue weighted by atomic mass is 32.2. The first-order valence-electron chi connectivity index (χ1n) is 6.29. The van der Waals surface area contributed by atoms with E-state index >= 15 is 0 Å². The Morgan fingerprint density at radius 3 is 2.65 bits per heavy atom. The maximum Gasteiger partial charge on any atom is 0.239 e. The Hall–Kier alpha value is -1.35. The molecule has 0 fully saturated rings. The van der Waals surface area contributed by atoms with E-state index in [2.05, 4.69) is 9.69 Å². The van der Waals surface area contributed by atoms with Crippen LogP contribution < -0.4 is 16.0 Å². The van der Waals surface area contributed by atoms with Crippen molar-refractivity contribution < 1.29 is 13.2 Å². The van der Waals surface area contributed by atoms with Crippen LogP contribution in [0, 0.1) is 0 Å². The van der Waals surface area contributed by atoms with Gasteiger partial charge in [-0.15, -0.1) is 0 Å². The average molecular weight is 320 g/mol. The number of amides is 1. The summed E-state index contributed by atoms with van der Waals surface area (Å²) in [5.74, 6) is -0.167. The van der Waals surface area contributed by atoms with E-state index in [1.54, 1.807) is 18.9 Å². The molecule has 20 heavy (non-hydrogen) atoms. The molecule has 9 heteroatoms. The second-order valence-electron chi connectivity index (χ2n) is 4.33. The van der Waals surface area contributed by atoms with Gasteiger partial charge in [0.1, 0.15) is 9.90 Å². The topological polar surface area (TPSA) is 105 Å². The smallest absolute Gasteiger partial charge is 0.239 e. The number of nitrogens with zero attached hydrogens (tertiary/aromatic N) is 2. The van der Waals surface area contributed by atoms with Crippen LogP contribution in [-0.4, -0.2) is 44.6 Å². The highest BCUT2D eigenvalue weighted by Crippen LogP contribution is 2.34. The lowest BCUT2D eigenvalue weighted by molar-refractivity contribution is -0.119. The molecule has 0 aromatic carbocycles. The number of carbonyl (C=O) groups is 1. The number of nitrogen functional groups attached to an aromatic ring is 1. The molecule has 7 nitrogen and oxygen atoms in total. The second kappa shape index (κ2) is 6.89. The molecule has 1 amide bonds. The fraction of sp³-hybridized carbons (Fsp3) is 0.636. The molecule has 114 valence electrons. The molecule has 0 aliphatic rings. The first-order chi connectivity index (χ1) is 9.33. The summed E-state index contributed by atoms with van der Waals surface area (Å²) in [6.07, 6.45) is 0.497. The third kappa shape index (κ3) is 3.83. The zero-order valence-electron chi connectivity index (χ0n) is 11.8. The Morgan fingerprint density at radius 2 is 2.10 bits per heavy atom. The monoisotopic (exact) mass is 320 g/mol. The first-order valence-corrected chi connectivity index (χ1v) is 8.71. The molecule has 3 N–H and O–H groups in total. The van der Waals surface area contributed by atoms with Crippen molar-refractivity contribution in [2.45, 2.75) is 25.2 Å². The lowest BCUT2D eigenvalue weighted by Gasteiger charge is -2.17. The van der Waals surface area contributed by atoms with E-state index in [9.17, 15) is 13.2 Å². The lowest BCUT2D eigenvalue weighted by Crippen LogP contribution is -2.35. The van der Waals surface area contributed by atoms with Gasteiger partial charge in [-0.3, -0.25) is 4.79 Å². The van der Waals surface area contributed by atoms with Crippen molar-refractivity contribution in [1.82, 2.24) is 9.69 Å². The van der Waals surface area contributed by atoms with E-state index in [1.807, 2.05) is 6.92 Å². The van der Waals surface area contributed by atoms with Crippen LogP contribution in [-0.2, 0) is 14.6 Å². The minimum absolute atomic E-state index is 0.00111. The summed E-state index contributed by atoms with van der Waals surface area (Å²) in [4.78, 5) is 13.2. The van der Waals surface area contributed by atoms with Crippen LogP contribution in [0.5, 0.6) is 0 Å². The van der Waals surface area contributed by atoms with Gasteiger partial charge in [-0.1, -0.05) is 6.92 Å². The number of hydrogen-bond donors (Lipinski definition) is 2. The lowest BCUT2D eigenvalue weighted by atomic mass is 10.5. The van der Waals surface area contributed by atoms with Crippen LogP contribution in [0.4, 0.5) is 10.8 Å². The first kappa shape index (κ1) is 16.7. The summed E-state index contributed by atoms with van der Waals surface area (Å²) in [7, 11) is -1.83. The number of aromatic nitrogens is 1. The SMILES string of the molecule is CCCS(=O)(=O)c1c(N)nsc1N(C)CC(=O)NCC. The van der Waals surface area contributed by atoms with Gasteiger partial charge in [0.15, 0.2) is 15.7 Å². The Bertz CT molecular complexity index is 568. The van der Waals surface area contributed by atoms with E-state index in [1.165, 1.54) is 0 Å². The molecule has 1 heterocycles. The fourth-order valence-electron chi connectivity index (χ4n) is 1.73. The minimum atomic E-state index is -3.47. The number of nitrogens with one attached hydrogen (secondary N) is 1. The van der Waals surface area contributed by atoms with Crippen molar-refractivity contribution in [2.24, 2.45) is 0 Å². The van der Waals surface area contributed by atoms with Crippen LogP contribution in [0.15, 0.2) is 4.90 Å². The van der Waals surface area contributed by atoms with Crippen molar-refractivity contribution in [1.29, 1.82) is 0 Å². The van der Waals surface area contributed by atoms with E-state index in [4.69, 9.17) is 5.73 Å². The van der Waals surface area contributed by atoms with Crippen LogP contribution >= 0.6 is 11.5 Å². The van der Waals surface area contributed by atoms with Crippen molar-refractivity contribution >= 4 is 38.1 Å². The fourth-order valence-corrected chi connectivity index (χ4v) is 4.48. The van der Waals surface area contributed by atoms with Gasteiger partial charge in [-0.05, 0) is 24.9 Å². The Morgan fingerprint density at radius 1 is 1.45 bits per heavy atom. The van der Waals surface area contributed by atoms with E-state index < -0.39 is 9.84 Å². The van der Waals surface area contributed by atoms with Gasteiger partial charge < -0.3 is 16.0 Å². The average Bonchev–Trinajstić information content (AvgIpc) is 2.72. The summed E-state index contributed by atoms with van der Waals surface area (Å²) in [5, 5.41) is 3.06. The largest absolute Gasteiger partial charge is 0.382 e. The zero-order chi connectivity index (χ0) is 15.3. The molecule has 0 atom stereocenters. The standard InChI is InChI=1S/C11H20N4O3S2/c1-4-6-20(17,18)9-10(12)14-19-11(9)15(3)7-8(16)13-5-2/h4-7H2,1-3H3,(H2,12,14)(H,13,16). The zero-order valence-corrected chi connectivity index (χ0v) is 13.5. The molecule has 0 radical (unpaired) electrons. The Labute approximate surface area is 123 Å². The van der Waals surface area contributed by atoms with Gasteiger partial charge in [0, 0.05) is 13.6 Å². The predicted octanol–water partition coefficient (Wildman–Crippen LogP) is 0.481. The highest BCUT2D eigenvalue weighted by molar-refractivity contribution is 7.91. The Kier molecular flexibility index (Phi) is 5.75. The number of hydrogen-bond acceptors (Lipinski definition) is 7. The van der Waals surface area contributed by atoms with Crippen LogP contribution in [0.2, 0.25) is 0 Å². The maximum atomic E-state index is 12.2. The van der Waals surface area contributed by atoms with Crippen molar-refractivity contribution in [2.75, 3.05) is 36.5 Å². The van der Waals surface area contributed by atoms with Crippen LogP contribution in [0.1, 0.15) is 20.3 Å². The number of nitrogens with two attached hydrogens (primary N) is 1. The van der Waals surface area contributed by atoms with Gasteiger partial charge in [0.25, 0.3) is 0 Å². The third-order valence-electron chi connectivity index (χ3n) is 2.54. The summed E-state index contributed by atoms with van der Waals surface area (Å²) in [5.41, 5.74) is 5.68. The molecule has 0 saturated heterocycles. The van der Waals surface area contributed by atoms with Crippen LogP contribution in [0.25, 0.3) is 0 Å². The molecule has 0 aliphatic heterocycles. The summed E-state index contributed by atoms with van der Waals surface area (Å²) >= 11 is 0.989. The number of rotatable bonds is 7. The molecule has 0 unspecified atom stereocenters. The van der Waals surface area contributed by atoms with Gasteiger partial charge >= 0.3 is 0 Å². The maximum absolute atomic E-state index is 12.2. The second-order valence-corrected chi connectivity index (χ2v) is 7.13. The number of sulfone groups is 1. The van der Waals surface area contributed by atoms with E-state index in [0.717, 1.165) is 11.5 Å². The number of anilines is 2. The summed E-state index contributed by atoms with van der Waals surface area (Å²) < 4.78 is 28.3. The molecule has 1 rings (SSSR count). The van der Waals surface area contributed by atoms with Gasteiger partial charge in [-0.2, -0.15) is 4.37 Å². The molecular formula is C11H20N4O3S2. The van der Waals surface area contributed by atoms with Crippen LogP contribution in [0.3, 0.4) is 0 Å². The molecular weight excluding hydrogens is 300 g/mol. The summed E-state index contributed by atoms with van der Waals surface area (Å²) in [6, 6.07) is 0. The van der Waals surface area contributed by atoms with E-state index in [0.29, 0.717) is 18.0 Å². The van der Waals surface area contributed by atoms with Gasteiger partial charge in [0.2, 0.25) is 5.91 Å². The predicted molar refractivity (Wildman–Crippen MR) is 80.8 cm³/mol. The van der Waals surface area contributed by atoms with Gasteiger partial charge in [-0.25, -0.2) is 8.42 Å². The molecule has 0 saturated carbocycles. The van der Waals surface area contributed by atoms with Crippen molar-refractivity contribution in [3.8, 4) is 0 Å². The minimum Gasteiger partial charge on any atom is -0.382 e. The quantitative estimate of drug-likeness (QED) is 0.757. The third-order valence-corrected chi connectivity index (χ3v) is 5.62. The molecule has 1 aromatic heterocycles. The van der Waals surface area contributed by atoms with Gasteiger partial charge in [0.05, 0.1) is 12.3 Å². The van der Waals surface area contributed by atoms with Crippen molar-refractivity contribution in [3.63, 3.8) is 0 Å². The Balaban J connectivity index is 3.06. The van der Waals surface area contributed by atoms with Crippen molar-refractivity contribution in [3.05, 3.63) is 0 Å². The molecule has 1 aromatic rings. The highest BCUT2D eigenvalue weighted by Gasteiger charge is 2.27. The van der Waals surface area contributed by atoms with E-state index in [-0.39, 0.29) is 28.9 Å². The number of carbonyl (C=O) groups excluding carboxylic acids is 1. The number of likely N-dealkylation sites (N-methyl/N-ethyl adjacent to an activating group) is 2. The summed E-state index contributed by atoms with van der Waals surface area (Å²) in [6.45, 7) is 4.19. The normalized spacial score (nSPS) is 11.3. The molecule has 0 spiro atoms.